The lowest BCUT2D eigenvalue weighted by atomic mass is 9.99. The first-order valence-electron chi connectivity index (χ1n) is 5.80. The molecule has 0 aromatic heterocycles. The van der Waals surface area contributed by atoms with Crippen LogP contribution < -0.4 is 0 Å². The number of carbonyl (C=O) groups excluding carboxylic acids is 1. The summed E-state index contributed by atoms with van der Waals surface area (Å²) in [5, 5.41) is 0. The predicted octanol–water partition coefficient (Wildman–Crippen LogP) is 5.87. The number of hydrogen-bond donors (Lipinski definition) is 0. The summed E-state index contributed by atoms with van der Waals surface area (Å²) in [5.74, 6) is -0.104. The quantitative estimate of drug-likeness (QED) is 0.499. The number of hydrogen-bond acceptors (Lipinski definition) is 1. The van der Waals surface area contributed by atoms with E-state index in [0.29, 0.717) is 22.3 Å². The highest BCUT2D eigenvalue weighted by Gasteiger charge is 2.18. The topological polar surface area (TPSA) is 17.1 Å². The second-order valence-corrected chi connectivity index (χ2v) is 6.33. The molecule has 2 aromatic carbocycles. The molecule has 0 saturated heterocycles. The van der Waals surface area contributed by atoms with E-state index in [-0.39, 0.29) is 5.78 Å². The summed E-state index contributed by atoms with van der Waals surface area (Å²) in [6.07, 6.45) is 0. The summed E-state index contributed by atoms with van der Waals surface area (Å²) in [7, 11) is 0. The molecule has 1 nitrogen and oxygen atoms in total. The lowest BCUT2D eigenvalue weighted by molar-refractivity contribution is 0.103. The minimum atomic E-state index is -0.798. The molecule has 0 spiro atoms. The van der Waals surface area contributed by atoms with Crippen molar-refractivity contribution >= 4 is 52.2 Å². The van der Waals surface area contributed by atoms with Crippen molar-refractivity contribution in [2.75, 3.05) is 0 Å². The fourth-order valence-corrected chi connectivity index (χ4v) is 2.64. The van der Waals surface area contributed by atoms with Gasteiger partial charge in [-0.2, -0.15) is 0 Å². The second-order valence-electron chi connectivity index (χ2n) is 4.14. The van der Waals surface area contributed by atoms with Gasteiger partial charge in [0.25, 0.3) is 0 Å². The van der Waals surface area contributed by atoms with E-state index in [1.807, 2.05) is 18.2 Å². The highest BCUT2D eigenvalue weighted by Crippen LogP contribution is 2.36. The molecule has 0 heterocycles. The van der Waals surface area contributed by atoms with Gasteiger partial charge in [-0.1, -0.05) is 42.5 Å². The average Bonchev–Trinajstić information content (AvgIpc) is 2.46. The number of benzene rings is 2. The molecule has 0 atom stereocenters. The summed E-state index contributed by atoms with van der Waals surface area (Å²) in [6, 6.07) is 13.9. The third-order valence-electron chi connectivity index (χ3n) is 2.86. The normalized spacial score (nSPS) is 11.1. The van der Waals surface area contributed by atoms with Crippen LogP contribution in [0.2, 0.25) is 0 Å². The molecule has 0 fully saturated rings. The molecule has 0 aliphatic carbocycles. The van der Waals surface area contributed by atoms with Gasteiger partial charge in [-0.15, -0.1) is 46.4 Å². The molecule has 5 heteroatoms. The molecular weight excluding hydrogens is 338 g/mol. The summed E-state index contributed by atoms with van der Waals surface area (Å²) in [6.45, 7) is 0. The van der Waals surface area contributed by atoms with Crippen LogP contribution in [0.3, 0.4) is 0 Å². The lowest BCUT2D eigenvalue weighted by Crippen LogP contribution is -2.03. The van der Waals surface area contributed by atoms with Gasteiger partial charge < -0.3 is 0 Å². The SMILES string of the molecule is O=C(c1ccccc1)c1ccc(C(Cl)Cl)c(C(Cl)Cl)c1. The Morgan fingerprint density at radius 2 is 1.35 bits per heavy atom. The van der Waals surface area contributed by atoms with Crippen molar-refractivity contribution in [2.24, 2.45) is 0 Å². The van der Waals surface area contributed by atoms with Gasteiger partial charge in [-0.3, -0.25) is 4.79 Å². The van der Waals surface area contributed by atoms with Crippen molar-refractivity contribution in [3.8, 4) is 0 Å². The van der Waals surface area contributed by atoms with E-state index in [1.165, 1.54) is 0 Å². The van der Waals surface area contributed by atoms with Gasteiger partial charge in [0, 0.05) is 11.1 Å². The van der Waals surface area contributed by atoms with E-state index in [4.69, 9.17) is 46.4 Å². The smallest absolute Gasteiger partial charge is 0.193 e. The van der Waals surface area contributed by atoms with Gasteiger partial charge in [0.2, 0.25) is 0 Å². The number of rotatable bonds is 4. The highest BCUT2D eigenvalue weighted by atomic mass is 35.5. The van der Waals surface area contributed by atoms with E-state index in [2.05, 4.69) is 0 Å². The van der Waals surface area contributed by atoms with E-state index in [1.54, 1.807) is 30.3 Å². The maximum Gasteiger partial charge on any atom is 0.193 e. The summed E-state index contributed by atoms with van der Waals surface area (Å²) < 4.78 is 0. The number of ketones is 1. The van der Waals surface area contributed by atoms with Gasteiger partial charge in [0.05, 0.1) is 0 Å². The molecular formula is C15H10Cl4O. The molecule has 0 aliphatic heterocycles. The Kier molecular flexibility index (Phi) is 5.34. The molecule has 0 saturated carbocycles. The average molecular weight is 348 g/mol. The molecule has 0 bridgehead atoms. The third kappa shape index (κ3) is 3.48. The minimum Gasteiger partial charge on any atom is -0.289 e. The molecule has 0 N–H and O–H groups in total. The first kappa shape index (κ1) is 15.7. The second kappa shape index (κ2) is 6.82. The van der Waals surface area contributed by atoms with E-state index in [0.717, 1.165) is 0 Å². The lowest BCUT2D eigenvalue weighted by Gasteiger charge is -2.13. The van der Waals surface area contributed by atoms with Crippen molar-refractivity contribution in [1.29, 1.82) is 0 Å². The van der Waals surface area contributed by atoms with Crippen molar-refractivity contribution in [2.45, 2.75) is 9.67 Å². The first-order valence-corrected chi connectivity index (χ1v) is 7.55. The maximum atomic E-state index is 12.4. The molecule has 20 heavy (non-hydrogen) atoms. The van der Waals surface area contributed by atoms with Crippen molar-refractivity contribution in [3.63, 3.8) is 0 Å². The molecule has 0 aliphatic rings. The Bertz CT molecular complexity index is 609. The predicted molar refractivity (Wildman–Crippen MR) is 85.2 cm³/mol. The summed E-state index contributed by atoms with van der Waals surface area (Å²) in [4.78, 5) is 10.8. The van der Waals surface area contributed by atoms with Crippen LogP contribution in [0.5, 0.6) is 0 Å². The first-order chi connectivity index (χ1) is 9.50. The zero-order valence-corrected chi connectivity index (χ0v) is 13.2. The van der Waals surface area contributed by atoms with Crippen LogP contribution in [-0.2, 0) is 0 Å². The Balaban J connectivity index is 2.44. The standard InChI is InChI=1S/C15H10Cl4O/c16-14(17)11-7-6-10(8-12(11)15(18)19)13(20)9-4-2-1-3-5-9/h1-8,14-15H. The molecule has 0 radical (unpaired) electrons. The van der Waals surface area contributed by atoms with Crippen LogP contribution in [0.25, 0.3) is 0 Å². The zero-order chi connectivity index (χ0) is 14.7. The summed E-state index contributed by atoms with van der Waals surface area (Å²) in [5.41, 5.74) is 2.24. The largest absolute Gasteiger partial charge is 0.289 e. The van der Waals surface area contributed by atoms with Gasteiger partial charge in [0.15, 0.2) is 5.78 Å². The molecule has 2 rings (SSSR count). The number of halogens is 4. The molecule has 0 amide bonds. The highest BCUT2D eigenvalue weighted by molar-refractivity contribution is 6.46. The van der Waals surface area contributed by atoms with E-state index >= 15 is 0 Å². The van der Waals surface area contributed by atoms with Gasteiger partial charge in [-0.05, 0) is 17.2 Å². The van der Waals surface area contributed by atoms with Crippen molar-refractivity contribution < 1.29 is 4.79 Å². The monoisotopic (exact) mass is 346 g/mol. The maximum absolute atomic E-state index is 12.4. The van der Waals surface area contributed by atoms with Gasteiger partial charge >= 0.3 is 0 Å². The van der Waals surface area contributed by atoms with E-state index in [9.17, 15) is 4.79 Å². The fraction of sp³-hybridized carbons (Fsp3) is 0.133. The Morgan fingerprint density at radius 3 is 1.90 bits per heavy atom. The van der Waals surface area contributed by atoms with Crippen LogP contribution >= 0.6 is 46.4 Å². The Morgan fingerprint density at radius 1 is 0.750 bits per heavy atom. The number of carbonyl (C=O) groups is 1. The van der Waals surface area contributed by atoms with Crippen LogP contribution in [-0.4, -0.2) is 5.78 Å². The van der Waals surface area contributed by atoms with Crippen LogP contribution in [0.4, 0.5) is 0 Å². The molecule has 2 aromatic rings. The minimum absolute atomic E-state index is 0.104. The summed E-state index contributed by atoms with van der Waals surface area (Å²) >= 11 is 23.6. The van der Waals surface area contributed by atoms with Crippen LogP contribution in [0.15, 0.2) is 48.5 Å². The Labute approximate surface area is 137 Å². The number of alkyl halides is 4. The van der Waals surface area contributed by atoms with Gasteiger partial charge in [-0.25, -0.2) is 0 Å². The van der Waals surface area contributed by atoms with Crippen molar-refractivity contribution in [3.05, 3.63) is 70.8 Å². The Hall–Kier alpha value is -0.730. The fourth-order valence-electron chi connectivity index (χ4n) is 1.86. The molecule has 0 unspecified atom stereocenters. The van der Waals surface area contributed by atoms with Crippen LogP contribution in [0, 0.1) is 0 Å². The van der Waals surface area contributed by atoms with Crippen molar-refractivity contribution in [1.82, 2.24) is 0 Å². The van der Waals surface area contributed by atoms with E-state index < -0.39 is 9.67 Å². The molecule has 104 valence electrons. The third-order valence-corrected chi connectivity index (χ3v) is 3.80. The van der Waals surface area contributed by atoms with Crippen LogP contribution in [0.1, 0.15) is 36.7 Å². The zero-order valence-electron chi connectivity index (χ0n) is 10.2. The van der Waals surface area contributed by atoms with Gasteiger partial charge in [0.1, 0.15) is 9.67 Å².